The first-order valence-electron chi connectivity index (χ1n) is 9.87. The van der Waals surface area contributed by atoms with Crippen molar-refractivity contribution < 1.29 is 9.57 Å². The molecule has 0 atom stereocenters. The van der Waals surface area contributed by atoms with Gasteiger partial charge in [-0.2, -0.15) is 5.26 Å². The van der Waals surface area contributed by atoms with Crippen molar-refractivity contribution in [3.8, 4) is 11.8 Å². The van der Waals surface area contributed by atoms with Crippen molar-refractivity contribution in [3.05, 3.63) is 111 Å². The number of nitriles is 1. The molecule has 4 rings (SSSR count). The van der Waals surface area contributed by atoms with Gasteiger partial charge in [-0.25, -0.2) is 0 Å². The monoisotopic (exact) mass is 504 g/mol. The fourth-order valence-electron chi connectivity index (χ4n) is 3.32. The lowest BCUT2D eigenvalue weighted by Gasteiger charge is -2.12. The normalized spacial score (nSPS) is 10.9. The largest absolute Gasteiger partial charge is 0.486 e. The molecule has 6 heteroatoms. The predicted octanol–water partition coefficient (Wildman–Crippen LogP) is 7.26. The fourth-order valence-corrected chi connectivity index (χ4v) is 4.31. The molecule has 4 aromatic rings. The fraction of sp³-hybridized carbons (Fsp3) is 0.0769. The maximum atomic E-state index is 9.13. The van der Waals surface area contributed by atoms with Crippen molar-refractivity contribution in [2.24, 2.45) is 5.16 Å². The Morgan fingerprint density at radius 3 is 2.53 bits per heavy atom. The van der Waals surface area contributed by atoms with Gasteiger partial charge in [0.05, 0.1) is 27.3 Å². The standard InChI is InChI=1S/C26H18BrClN2O2/c27-24-12-18(15-30-32-17-21-8-2-1-7-20(21)14-29)13-25(28)26(24)31-16-22-10-5-9-19-6-3-4-11-23(19)22/h1-13,15H,16-17H2/b30-15-. The van der Waals surface area contributed by atoms with E-state index in [9.17, 15) is 0 Å². The van der Waals surface area contributed by atoms with Crippen LogP contribution in [0, 0.1) is 11.3 Å². The summed E-state index contributed by atoms with van der Waals surface area (Å²) in [5.41, 5.74) is 3.19. The van der Waals surface area contributed by atoms with Gasteiger partial charge in [0.25, 0.3) is 0 Å². The van der Waals surface area contributed by atoms with Crippen molar-refractivity contribution in [1.29, 1.82) is 5.26 Å². The Hall–Kier alpha value is -3.33. The lowest BCUT2D eigenvalue weighted by Crippen LogP contribution is -1.98. The number of benzene rings is 4. The Labute approximate surface area is 199 Å². The summed E-state index contributed by atoms with van der Waals surface area (Å²) in [4.78, 5) is 5.35. The average Bonchev–Trinajstić information content (AvgIpc) is 2.81. The molecule has 0 unspecified atom stereocenters. The Bertz CT molecular complexity index is 1300. The Morgan fingerprint density at radius 1 is 0.938 bits per heavy atom. The molecule has 0 spiro atoms. The average molecular weight is 506 g/mol. The van der Waals surface area contributed by atoms with E-state index in [1.807, 2.05) is 48.5 Å². The molecule has 0 heterocycles. The summed E-state index contributed by atoms with van der Waals surface area (Å²) in [5, 5.41) is 15.9. The van der Waals surface area contributed by atoms with Gasteiger partial charge in [0.15, 0.2) is 5.75 Å². The molecule has 0 saturated carbocycles. The summed E-state index contributed by atoms with van der Waals surface area (Å²) < 4.78 is 6.76. The maximum absolute atomic E-state index is 9.13. The minimum Gasteiger partial charge on any atom is -0.486 e. The van der Waals surface area contributed by atoms with Gasteiger partial charge in [0.1, 0.15) is 13.2 Å². The summed E-state index contributed by atoms with van der Waals surface area (Å²) in [6.07, 6.45) is 1.57. The van der Waals surface area contributed by atoms with Crippen LogP contribution in [0.4, 0.5) is 0 Å². The van der Waals surface area contributed by atoms with E-state index in [0.29, 0.717) is 22.9 Å². The van der Waals surface area contributed by atoms with Gasteiger partial charge in [0.2, 0.25) is 0 Å². The third-order valence-electron chi connectivity index (χ3n) is 4.91. The second kappa shape index (κ2) is 10.3. The van der Waals surface area contributed by atoms with Crippen molar-refractivity contribution >= 4 is 44.5 Å². The third-order valence-corrected chi connectivity index (χ3v) is 5.78. The van der Waals surface area contributed by atoms with Crippen LogP contribution in [0.1, 0.15) is 22.3 Å². The van der Waals surface area contributed by atoms with Crippen LogP contribution in [0.15, 0.2) is 88.5 Å². The molecule has 0 fully saturated rings. The van der Waals surface area contributed by atoms with Crippen LogP contribution in [-0.2, 0) is 18.1 Å². The minimum atomic E-state index is 0.210. The van der Waals surface area contributed by atoms with E-state index in [0.717, 1.165) is 26.5 Å². The van der Waals surface area contributed by atoms with Gasteiger partial charge in [-0.3, -0.25) is 0 Å². The van der Waals surface area contributed by atoms with E-state index < -0.39 is 0 Å². The molecule has 0 aliphatic carbocycles. The lowest BCUT2D eigenvalue weighted by molar-refractivity contribution is 0.132. The molecule has 0 N–H and O–H groups in total. The van der Waals surface area contributed by atoms with Gasteiger partial charge in [-0.1, -0.05) is 77.4 Å². The second-order valence-corrected chi connectivity index (χ2v) is 8.28. The molecule has 158 valence electrons. The van der Waals surface area contributed by atoms with E-state index >= 15 is 0 Å². The molecule has 0 amide bonds. The van der Waals surface area contributed by atoms with E-state index in [-0.39, 0.29) is 6.61 Å². The summed E-state index contributed by atoms with van der Waals surface area (Å²) in [6.45, 7) is 0.607. The van der Waals surface area contributed by atoms with Crippen LogP contribution >= 0.6 is 27.5 Å². The van der Waals surface area contributed by atoms with Gasteiger partial charge in [0, 0.05) is 5.56 Å². The Morgan fingerprint density at radius 2 is 1.69 bits per heavy atom. The smallest absolute Gasteiger partial charge is 0.152 e. The highest BCUT2D eigenvalue weighted by Gasteiger charge is 2.10. The molecular weight excluding hydrogens is 488 g/mol. The number of hydrogen-bond acceptors (Lipinski definition) is 4. The van der Waals surface area contributed by atoms with Gasteiger partial charge in [-0.15, -0.1) is 0 Å². The number of rotatable bonds is 7. The van der Waals surface area contributed by atoms with E-state index in [1.165, 1.54) is 5.39 Å². The number of oxime groups is 1. The molecule has 0 saturated heterocycles. The van der Waals surface area contributed by atoms with Crippen LogP contribution in [0.3, 0.4) is 0 Å². The highest BCUT2D eigenvalue weighted by atomic mass is 79.9. The molecule has 0 aromatic heterocycles. The summed E-state index contributed by atoms with van der Waals surface area (Å²) >= 11 is 10.0. The number of halogens is 2. The number of nitrogens with zero attached hydrogens (tertiary/aromatic N) is 2. The number of fused-ring (bicyclic) bond motifs is 1. The molecule has 0 bridgehead atoms. The third kappa shape index (κ3) is 5.11. The van der Waals surface area contributed by atoms with Crippen LogP contribution in [0.25, 0.3) is 10.8 Å². The van der Waals surface area contributed by atoms with E-state index in [1.54, 1.807) is 18.3 Å². The second-order valence-electron chi connectivity index (χ2n) is 7.02. The van der Waals surface area contributed by atoms with Crippen molar-refractivity contribution in [1.82, 2.24) is 0 Å². The molecule has 4 nitrogen and oxygen atoms in total. The Balaban J connectivity index is 1.43. The van der Waals surface area contributed by atoms with E-state index in [4.69, 9.17) is 26.4 Å². The van der Waals surface area contributed by atoms with Crippen LogP contribution in [0.2, 0.25) is 5.02 Å². The summed E-state index contributed by atoms with van der Waals surface area (Å²) in [6, 6.07) is 27.4. The van der Waals surface area contributed by atoms with Crippen molar-refractivity contribution in [3.63, 3.8) is 0 Å². The highest BCUT2D eigenvalue weighted by Crippen LogP contribution is 2.35. The molecule has 32 heavy (non-hydrogen) atoms. The van der Waals surface area contributed by atoms with Crippen molar-refractivity contribution in [2.45, 2.75) is 13.2 Å². The minimum absolute atomic E-state index is 0.210. The summed E-state index contributed by atoms with van der Waals surface area (Å²) in [5.74, 6) is 0.570. The molecular formula is C26H18BrClN2O2. The highest BCUT2D eigenvalue weighted by molar-refractivity contribution is 9.10. The van der Waals surface area contributed by atoms with Crippen LogP contribution in [0.5, 0.6) is 5.75 Å². The quantitative estimate of drug-likeness (QED) is 0.196. The van der Waals surface area contributed by atoms with Crippen LogP contribution < -0.4 is 4.74 Å². The van der Waals surface area contributed by atoms with Crippen molar-refractivity contribution in [2.75, 3.05) is 0 Å². The molecule has 4 aromatic carbocycles. The zero-order valence-corrected chi connectivity index (χ0v) is 19.3. The zero-order chi connectivity index (χ0) is 22.3. The molecule has 0 aliphatic rings. The van der Waals surface area contributed by atoms with Crippen LogP contribution in [-0.4, -0.2) is 6.21 Å². The maximum Gasteiger partial charge on any atom is 0.152 e. The predicted molar refractivity (Wildman–Crippen MR) is 131 cm³/mol. The van der Waals surface area contributed by atoms with E-state index in [2.05, 4.69) is 45.4 Å². The SMILES string of the molecule is N#Cc1ccccc1CO/N=C\c1cc(Cl)c(OCc2cccc3ccccc23)c(Br)c1. The topological polar surface area (TPSA) is 54.6 Å². The Kier molecular flexibility index (Phi) is 7.06. The number of hydrogen-bond donors (Lipinski definition) is 0. The zero-order valence-electron chi connectivity index (χ0n) is 17.0. The summed E-state index contributed by atoms with van der Waals surface area (Å²) in [7, 11) is 0. The van der Waals surface area contributed by atoms with Gasteiger partial charge >= 0.3 is 0 Å². The first-order valence-corrected chi connectivity index (χ1v) is 11.0. The molecule has 0 radical (unpaired) electrons. The number of ether oxygens (including phenoxy) is 1. The first-order chi connectivity index (χ1) is 15.7. The first kappa shape index (κ1) is 21.9. The van der Waals surface area contributed by atoms with Gasteiger partial charge in [-0.05, 0) is 56.0 Å². The molecule has 0 aliphatic heterocycles. The lowest BCUT2D eigenvalue weighted by atomic mass is 10.1. The van der Waals surface area contributed by atoms with Gasteiger partial charge < -0.3 is 9.57 Å².